The first-order valence-electron chi connectivity index (χ1n) is 9.94. The molecule has 0 aliphatic rings. The van der Waals surface area contributed by atoms with Gasteiger partial charge in [-0.05, 0) is 35.9 Å². The summed E-state index contributed by atoms with van der Waals surface area (Å²) < 4.78 is 1.57. The molecule has 4 rings (SSSR count). The van der Waals surface area contributed by atoms with Gasteiger partial charge in [-0.15, -0.1) is 0 Å². The molecule has 0 bridgehead atoms. The van der Waals surface area contributed by atoms with Gasteiger partial charge in [0.15, 0.2) is 0 Å². The van der Waals surface area contributed by atoms with Gasteiger partial charge in [0, 0.05) is 41.9 Å². The number of para-hydroxylation sites is 1. The van der Waals surface area contributed by atoms with Gasteiger partial charge in [0.2, 0.25) is 5.91 Å². The molecule has 0 fully saturated rings. The number of nitrogens with zero attached hydrogens (tertiary/aromatic N) is 2. The van der Waals surface area contributed by atoms with Crippen LogP contribution in [-0.4, -0.2) is 22.6 Å². The first-order valence-corrected chi connectivity index (χ1v) is 9.94. The van der Waals surface area contributed by atoms with Crippen molar-refractivity contribution in [2.24, 2.45) is 5.10 Å². The summed E-state index contributed by atoms with van der Waals surface area (Å²) in [4.78, 5) is 24.2. The molecule has 0 unspecified atom stereocenters. The maximum atomic E-state index is 12.4. The molecular weight excluding hydrogens is 388 g/mol. The highest BCUT2D eigenvalue weighted by atomic mass is 16.2. The first kappa shape index (κ1) is 20.1. The molecule has 0 saturated heterocycles. The van der Waals surface area contributed by atoms with Crippen LogP contribution in [0, 0.1) is 0 Å². The maximum Gasteiger partial charge on any atom is 0.271 e. The number of rotatable bonds is 6. The van der Waals surface area contributed by atoms with Crippen LogP contribution in [0.3, 0.4) is 0 Å². The number of anilines is 1. The van der Waals surface area contributed by atoms with E-state index in [2.05, 4.69) is 28.0 Å². The van der Waals surface area contributed by atoms with E-state index < -0.39 is 0 Å². The fraction of sp³-hybridized carbons (Fsp3) is 0.0800. The average Bonchev–Trinajstić information content (AvgIpc) is 3.18. The molecule has 1 aromatic heterocycles. The molecular formula is C25H22N4O2. The number of aromatic nitrogens is 1. The van der Waals surface area contributed by atoms with Crippen molar-refractivity contribution in [2.75, 3.05) is 5.32 Å². The molecule has 31 heavy (non-hydrogen) atoms. The Hall–Kier alpha value is -4.19. The van der Waals surface area contributed by atoms with Gasteiger partial charge in [-0.3, -0.25) is 14.2 Å². The zero-order chi connectivity index (χ0) is 21.6. The number of carbonyl (C=O) groups excluding carboxylic acids is 2. The topological polar surface area (TPSA) is 75.5 Å². The molecule has 154 valence electrons. The van der Waals surface area contributed by atoms with Gasteiger partial charge in [0.1, 0.15) is 0 Å². The minimum atomic E-state index is -0.304. The number of amides is 1. The number of hydrogen-bond acceptors (Lipinski definition) is 4. The van der Waals surface area contributed by atoms with Gasteiger partial charge in [-0.2, -0.15) is 5.10 Å². The van der Waals surface area contributed by atoms with E-state index in [1.54, 1.807) is 29.1 Å². The molecule has 0 aliphatic carbocycles. The van der Waals surface area contributed by atoms with Crippen LogP contribution >= 0.6 is 0 Å². The lowest BCUT2D eigenvalue weighted by molar-refractivity contribution is 0.0937. The Kier molecular flexibility index (Phi) is 5.89. The third-order valence-electron chi connectivity index (χ3n) is 4.94. The molecule has 3 aromatic carbocycles. The summed E-state index contributed by atoms with van der Waals surface area (Å²) in [5.41, 5.74) is 6.73. The standard InChI is InChI=1S/C25H22N4O2/c1-18(30)29-17-21(23-9-5-6-10-24(23)29)16-27-28-25(31)20-11-13-22(14-12-20)26-15-19-7-3-2-4-8-19/h2-14,16-17,26H,15H2,1H3,(H,28,31). The van der Waals surface area contributed by atoms with Gasteiger partial charge in [0.25, 0.3) is 5.91 Å². The summed E-state index contributed by atoms with van der Waals surface area (Å²) >= 11 is 0. The van der Waals surface area contributed by atoms with Crippen LogP contribution in [0.4, 0.5) is 5.69 Å². The molecule has 0 atom stereocenters. The Bertz CT molecular complexity index is 1240. The van der Waals surface area contributed by atoms with Crippen molar-refractivity contribution in [3.8, 4) is 0 Å². The van der Waals surface area contributed by atoms with E-state index in [0.717, 1.165) is 22.2 Å². The SMILES string of the molecule is CC(=O)n1cc(C=NNC(=O)c2ccc(NCc3ccccc3)cc2)c2ccccc21. The second kappa shape index (κ2) is 9.09. The second-order valence-corrected chi connectivity index (χ2v) is 7.11. The predicted octanol–water partition coefficient (Wildman–Crippen LogP) is 4.68. The third kappa shape index (κ3) is 4.70. The lowest BCUT2D eigenvalue weighted by Gasteiger charge is -2.07. The van der Waals surface area contributed by atoms with Crippen LogP contribution in [0.15, 0.2) is 90.2 Å². The van der Waals surface area contributed by atoms with Crippen molar-refractivity contribution < 1.29 is 9.59 Å². The largest absolute Gasteiger partial charge is 0.381 e. The van der Waals surface area contributed by atoms with Crippen LogP contribution in [0.1, 0.15) is 33.2 Å². The van der Waals surface area contributed by atoms with E-state index in [-0.39, 0.29) is 11.8 Å². The normalized spacial score (nSPS) is 11.0. The molecule has 6 nitrogen and oxygen atoms in total. The summed E-state index contributed by atoms with van der Waals surface area (Å²) in [6.45, 7) is 2.22. The number of nitrogens with one attached hydrogen (secondary N) is 2. The minimum absolute atomic E-state index is 0.0825. The van der Waals surface area contributed by atoms with Crippen molar-refractivity contribution >= 4 is 34.6 Å². The number of carbonyl (C=O) groups is 2. The van der Waals surface area contributed by atoms with Crippen molar-refractivity contribution in [2.45, 2.75) is 13.5 Å². The maximum absolute atomic E-state index is 12.4. The molecule has 6 heteroatoms. The van der Waals surface area contributed by atoms with E-state index in [1.807, 2.05) is 54.6 Å². The quantitative estimate of drug-likeness (QED) is 0.358. The highest BCUT2D eigenvalue weighted by Crippen LogP contribution is 2.19. The van der Waals surface area contributed by atoms with E-state index in [9.17, 15) is 9.59 Å². The fourth-order valence-electron chi connectivity index (χ4n) is 3.33. The van der Waals surface area contributed by atoms with E-state index in [1.165, 1.54) is 12.5 Å². The Morgan fingerprint density at radius 3 is 2.39 bits per heavy atom. The molecule has 0 aliphatic heterocycles. The van der Waals surface area contributed by atoms with E-state index >= 15 is 0 Å². The van der Waals surface area contributed by atoms with Gasteiger partial charge < -0.3 is 5.32 Å². The Balaban J connectivity index is 1.39. The van der Waals surface area contributed by atoms with Gasteiger partial charge in [0.05, 0.1) is 11.7 Å². The lowest BCUT2D eigenvalue weighted by Crippen LogP contribution is -2.17. The minimum Gasteiger partial charge on any atom is -0.381 e. The monoisotopic (exact) mass is 410 g/mol. The van der Waals surface area contributed by atoms with Crippen LogP contribution in [0.2, 0.25) is 0 Å². The van der Waals surface area contributed by atoms with E-state index in [4.69, 9.17) is 0 Å². The molecule has 2 N–H and O–H groups in total. The number of hydrogen-bond donors (Lipinski definition) is 2. The number of benzene rings is 3. The van der Waals surface area contributed by atoms with Crippen molar-refractivity contribution in [1.29, 1.82) is 0 Å². The Morgan fingerprint density at radius 1 is 0.935 bits per heavy atom. The summed E-state index contributed by atoms with van der Waals surface area (Å²) in [5, 5.41) is 8.30. The van der Waals surface area contributed by atoms with Crippen molar-refractivity contribution in [3.63, 3.8) is 0 Å². The summed E-state index contributed by atoms with van der Waals surface area (Å²) in [6.07, 6.45) is 3.27. The second-order valence-electron chi connectivity index (χ2n) is 7.11. The molecule has 1 amide bonds. The van der Waals surface area contributed by atoms with Crippen molar-refractivity contribution in [3.05, 3.63) is 102 Å². The van der Waals surface area contributed by atoms with Gasteiger partial charge >= 0.3 is 0 Å². The fourth-order valence-corrected chi connectivity index (χ4v) is 3.33. The lowest BCUT2D eigenvalue weighted by atomic mass is 10.2. The average molecular weight is 410 g/mol. The molecule has 0 saturated carbocycles. The summed E-state index contributed by atoms with van der Waals surface area (Å²) in [6, 6.07) is 24.9. The third-order valence-corrected chi connectivity index (χ3v) is 4.94. The smallest absolute Gasteiger partial charge is 0.271 e. The summed E-state index contributed by atoms with van der Waals surface area (Å²) in [7, 11) is 0. The molecule has 4 aromatic rings. The number of fused-ring (bicyclic) bond motifs is 1. The predicted molar refractivity (Wildman–Crippen MR) is 124 cm³/mol. The van der Waals surface area contributed by atoms with Crippen LogP contribution < -0.4 is 10.7 Å². The highest BCUT2D eigenvalue weighted by Gasteiger charge is 2.09. The van der Waals surface area contributed by atoms with E-state index in [0.29, 0.717) is 12.1 Å². The molecule has 1 heterocycles. The zero-order valence-electron chi connectivity index (χ0n) is 17.1. The molecule has 0 radical (unpaired) electrons. The molecule has 0 spiro atoms. The van der Waals surface area contributed by atoms with Crippen LogP contribution in [-0.2, 0) is 6.54 Å². The number of hydrazone groups is 1. The van der Waals surface area contributed by atoms with Gasteiger partial charge in [-0.25, -0.2) is 5.43 Å². The first-order chi connectivity index (χ1) is 15.1. The van der Waals surface area contributed by atoms with Crippen LogP contribution in [0.5, 0.6) is 0 Å². The Labute approximate surface area is 180 Å². The Morgan fingerprint density at radius 2 is 1.65 bits per heavy atom. The van der Waals surface area contributed by atoms with Gasteiger partial charge in [-0.1, -0.05) is 48.5 Å². The van der Waals surface area contributed by atoms with Crippen LogP contribution in [0.25, 0.3) is 10.9 Å². The highest BCUT2D eigenvalue weighted by molar-refractivity contribution is 6.03. The van der Waals surface area contributed by atoms with Crippen molar-refractivity contribution in [1.82, 2.24) is 9.99 Å². The summed E-state index contributed by atoms with van der Waals surface area (Å²) in [5.74, 6) is -0.387. The zero-order valence-corrected chi connectivity index (χ0v) is 17.1.